The second kappa shape index (κ2) is 6.48. The Hall–Kier alpha value is -2.62. The van der Waals surface area contributed by atoms with Gasteiger partial charge in [0, 0.05) is 30.4 Å². The normalized spacial score (nSPS) is 13.6. The van der Waals surface area contributed by atoms with Crippen molar-refractivity contribution in [1.29, 1.82) is 0 Å². The zero-order valence-electron chi connectivity index (χ0n) is 14.4. The Morgan fingerprint density at radius 2 is 2.00 bits per heavy atom. The summed E-state index contributed by atoms with van der Waals surface area (Å²) in [7, 11) is 1.95. The van der Waals surface area contributed by atoms with Gasteiger partial charge < -0.3 is 9.88 Å². The summed E-state index contributed by atoms with van der Waals surface area (Å²) in [4.78, 5) is 17.1. The number of benzene rings is 1. The van der Waals surface area contributed by atoms with Crippen LogP contribution < -0.4 is 5.32 Å². The Labute approximate surface area is 142 Å². The minimum Gasteiger partial charge on any atom is -0.347 e. The van der Waals surface area contributed by atoms with Crippen LogP contribution in [0.2, 0.25) is 0 Å². The third-order valence-corrected chi connectivity index (χ3v) is 4.60. The van der Waals surface area contributed by atoms with Gasteiger partial charge in [-0.05, 0) is 37.5 Å². The minimum absolute atomic E-state index is 0.0754. The van der Waals surface area contributed by atoms with Crippen molar-refractivity contribution in [3.63, 3.8) is 0 Å². The van der Waals surface area contributed by atoms with Crippen molar-refractivity contribution in [3.05, 3.63) is 66.0 Å². The number of fused-ring (bicyclic) bond motifs is 1. The van der Waals surface area contributed by atoms with Gasteiger partial charge in [-0.15, -0.1) is 0 Å². The third-order valence-electron chi connectivity index (χ3n) is 4.60. The average Bonchev–Trinajstić information content (AvgIpc) is 2.96. The molecular weight excluding hydrogens is 298 g/mol. The largest absolute Gasteiger partial charge is 0.347 e. The van der Waals surface area contributed by atoms with Gasteiger partial charge in [-0.2, -0.15) is 0 Å². The molecule has 1 amide bonds. The zero-order valence-corrected chi connectivity index (χ0v) is 14.4. The molecule has 0 radical (unpaired) electrons. The molecule has 4 nitrogen and oxygen atoms in total. The molecule has 0 spiro atoms. The van der Waals surface area contributed by atoms with Crippen LogP contribution in [0.5, 0.6) is 0 Å². The van der Waals surface area contributed by atoms with E-state index in [0.717, 1.165) is 23.9 Å². The molecular formula is C20H23N3O. The molecule has 1 unspecified atom stereocenters. The number of pyridine rings is 1. The van der Waals surface area contributed by atoms with E-state index >= 15 is 0 Å². The highest BCUT2D eigenvalue weighted by Gasteiger charge is 2.25. The maximum Gasteiger partial charge on any atom is 0.253 e. The van der Waals surface area contributed by atoms with Gasteiger partial charge in [-0.25, -0.2) is 4.98 Å². The Bertz CT molecular complexity index is 854. The fourth-order valence-corrected chi connectivity index (χ4v) is 2.93. The van der Waals surface area contributed by atoms with Crippen LogP contribution in [0.3, 0.4) is 0 Å². The van der Waals surface area contributed by atoms with Crippen LogP contribution in [-0.2, 0) is 13.5 Å². The van der Waals surface area contributed by atoms with Crippen LogP contribution in [-0.4, -0.2) is 21.0 Å². The fourth-order valence-electron chi connectivity index (χ4n) is 2.93. The first kappa shape index (κ1) is 16.2. The third kappa shape index (κ3) is 3.32. The lowest BCUT2D eigenvalue weighted by atomic mass is 9.90. The second-order valence-corrected chi connectivity index (χ2v) is 6.59. The van der Waals surface area contributed by atoms with Crippen LogP contribution in [0.4, 0.5) is 0 Å². The number of carbonyl (C=O) groups is 1. The number of aromatic nitrogens is 2. The number of nitrogens with one attached hydrogen (secondary N) is 1. The highest BCUT2D eigenvalue weighted by molar-refractivity contribution is 5.97. The Kier molecular flexibility index (Phi) is 4.38. The fraction of sp³-hybridized carbons (Fsp3) is 0.300. The summed E-state index contributed by atoms with van der Waals surface area (Å²) >= 11 is 0. The van der Waals surface area contributed by atoms with Gasteiger partial charge in [0.15, 0.2) is 0 Å². The van der Waals surface area contributed by atoms with Gasteiger partial charge in [0.2, 0.25) is 0 Å². The van der Waals surface area contributed by atoms with E-state index in [2.05, 4.69) is 36.3 Å². The first-order valence-electron chi connectivity index (χ1n) is 8.28. The molecule has 0 saturated carbocycles. The van der Waals surface area contributed by atoms with E-state index in [9.17, 15) is 4.79 Å². The zero-order chi connectivity index (χ0) is 17.2. The highest BCUT2D eigenvalue weighted by atomic mass is 16.1. The van der Waals surface area contributed by atoms with Crippen molar-refractivity contribution < 1.29 is 4.79 Å². The summed E-state index contributed by atoms with van der Waals surface area (Å²) in [6, 6.07) is 14.1. The molecule has 4 heteroatoms. The quantitative estimate of drug-likeness (QED) is 0.778. The average molecular weight is 321 g/mol. The molecule has 1 atom stereocenters. The standard InChI is InChI=1S/C20H23N3O/c1-4-20(2,13-15-8-6-5-7-9-15)22-19(24)17-12-16-10-11-23(3)18(16)21-14-17/h5-12,14H,4,13H2,1-3H3,(H,22,24). The van der Waals surface area contributed by atoms with E-state index in [4.69, 9.17) is 0 Å². The molecule has 1 N–H and O–H groups in total. The molecule has 3 rings (SSSR count). The van der Waals surface area contributed by atoms with E-state index < -0.39 is 0 Å². The van der Waals surface area contributed by atoms with E-state index in [1.807, 2.05) is 48.1 Å². The molecule has 0 aliphatic carbocycles. The molecule has 2 aromatic heterocycles. The SMILES string of the molecule is CCC(C)(Cc1ccccc1)NC(=O)c1cnc2c(ccn2C)c1. The summed E-state index contributed by atoms with van der Waals surface area (Å²) in [5.74, 6) is -0.0754. The lowest BCUT2D eigenvalue weighted by Crippen LogP contribution is -2.47. The molecule has 124 valence electrons. The number of nitrogens with zero attached hydrogens (tertiary/aromatic N) is 2. The lowest BCUT2D eigenvalue weighted by Gasteiger charge is -2.30. The summed E-state index contributed by atoms with van der Waals surface area (Å²) in [6.07, 6.45) is 5.26. The first-order valence-corrected chi connectivity index (χ1v) is 8.28. The smallest absolute Gasteiger partial charge is 0.253 e. The molecule has 1 aromatic carbocycles. The van der Waals surface area contributed by atoms with Gasteiger partial charge in [0.1, 0.15) is 5.65 Å². The predicted octanol–water partition coefficient (Wildman–Crippen LogP) is 3.71. The van der Waals surface area contributed by atoms with Crippen LogP contribution in [0.15, 0.2) is 54.9 Å². The van der Waals surface area contributed by atoms with Gasteiger partial charge in [0.25, 0.3) is 5.91 Å². The molecule has 24 heavy (non-hydrogen) atoms. The van der Waals surface area contributed by atoms with Gasteiger partial charge in [-0.1, -0.05) is 37.3 Å². The Morgan fingerprint density at radius 1 is 1.25 bits per heavy atom. The number of rotatable bonds is 5. The van der Waals surface area contributed by atoms with Crippen molar-refractivity contribution in [2.45, 2.75) is 32.2 Å². The van der Waals surface area contributed by atoms with E-state index in [1.54, 1.807) is 6.20 Å². The number of carbonyl (C=O) groups excluding carboxylic acids is 1. The first-order chi connectivity index (χ1) is 11.5. The molecule has 0 aliphatic heterocycles. The van der Waals surface area contributed by atoms with Crippen molar-refractivity contribution in [3.8, 4) is 0 Å². The maximum atomic E-state index is 12.7. The summed E-state index contributed by atoms with van der Waals surface area (Å²) < 4.78 is 1.95. The summed E-state index contributed by atoms with van der Waals surface area (Å²) in [5.41, 5.74) is 2.42. The highest BCUT2D eigenvalue weighted by Crippen LogP contribution is 2.19. The molecule has 0 aliphatic rings. The molecule has 2 heterocycles. The maximum absolute atomic E-state index is 12.7. The van der Waals surface area contributed by atoms with Crippen LogP contribution in [0, 0.1) is 0 Å². The molecule has 3 aromatic rings. The summed E-state index contributed by atoms with van der Waals surface area (Å²) in [6.45, 7) is 4.19. The monoisotopic (exact) mass is 321 g/mol. The molecule has 0 bridgehead atoms. The number of hydrogen-bond acceptors (Lipinski definition) is 2. The number of aryl methyl sites for hydroxylation is 1. The van der Waals surface area contributed by atoms with E-state index in [-0.39, 0.29) is 11.4 Å². The van der Waals surface area contributed by atoms with Crippen molar-refractivity contribution in [2.24, 2.45) is 7.05 Å². The molecule has 0 saturated heterocycles. The van der Waals surface area contributed by atoms with Gasteiger partial charge in [-0.3, -0.25) is 4.79 Å². The summed E-state index contributed by atoms with van der Waals surface area (Å²) in [5, 5.41) is 4.17. The van der Waals surface area contributed by atoms with Crippen LogP contribution in [0.25, 0.3) is 11.0 Å². The van der Waals surface area contributed by atoms with E-state index in [0.29, 0.717) is 5.56 Å². The topological polar surface area (TPSA) is 46.9 Å². The van der Waals surface area contributed by atoms with Gasteiger partial charge in [0.05, 0.1) is 5.56 Å². The van der Waals surface area contributed by atoms with E-state index in [1.165, 1.54) is 5.56 Å². The number of hydrogen-bond donors (Lipinski definition) is 1. The minimum atomic E-state index is -0.288. The second-order valence-electron chi connectivity index (χ2n) is 6.59. The number of amides is 1. The van der Waals surface area contributed by atoms with Gasteiger partial charge >= 0.3 is 0 Å². The Balaban J connectivity index is 1.79. The Morgan fingerprint density at radius 3 is 2.71 bits per heavy atom. The van der Waals surface area contributed by atoms with Crippen LogP contribution >= 0.6 is 0 Å². The van der Waals surface area contributed by atoms with Crippen molar-refractivity contribution in [2.75, 3.05) is 0 Å². The van der Waals surface area contributed by atoms with Crippen LogP contribution in [0.1, 0.15) is 36.2 Å². The van der Waals surface area contributed by atoms with Crippen molar-refractivity contribution >= 4 is 16.9 Å². The predicted molar refractivity (Wildman–Crippen MR) is 97.0 cm³/mol. The molecule has 0 fully saturated rings. The lowest BCUT2D eigenvalue weighted by molar-refractivity contribution is 0.0903. The van der Waals surface area contributed by atoms with Crippen molar-refractivity contribution in [1.82, 2.24) is 14.9 Å².